The van der Waals surface area contributed by atoms with Crippen LogP contribution in [0, 0.1) is 0 Å². The van der Waals surface area contributed by atoms with Gasteiger partial charge in [0.25, 0.3) is 11.8 Å². The number of rotatable bonds is 8. The number of nitrogens with zero attached hydrogens (tertiary/aromatic N) is 1. The van der Waals surface area contributed by atoms with Crippen molar-refractivity contribution >= 4 is 45.9 Å². The first-order valence-electron chi connectivity index (χ1n) is 9.85. The number of hydroxylamine groups is 2. The van der Waals surface area contributed by atoms with Crippen molar-refractivity contribution in [2.45, 2.75) is 25.7 Å². The Hall–Kier alpha value is -4.35. The van der Waals surface area contributed by atoms with E-state index in [0.717, 1.165) is 5.39 Å². The summed E-state index contributed by atoms with van der Waals surface area (Å²) in [5.74, 6) is -1.76. The molecule has 0 spiro atoms. The molecule has 1 aromatic carbocycles. The van der Waals surface area contributed by atoms with Crippen LogP contribution in [-0.4, -0.2) is 42.4 Å². The minimum Gasteiger partial charge on any atom is -0.486 e. The van der Waals surface area contributed by atoms with Gasteiger partial charge in [-0.15, -0.1) is 0 Å². The van der Waals surface area contributed by atoms with Gasteiger partial charge in [0, 0.05) is 36.1 Å². The maximum Gasteiger partial charge on any atom is 0.536 e. The number of imide groups is 1. The summed E-state index contributed by atoms with van der Waals surface area (Å²) in [5.41, 5.74) is 0.0922. The summed E-state index contributed by atoms with van der Waals surface area (Å²) in [6.07, 6.45) is 0.174. The molecule has 12 nitrogen and oxygen atoms in total. The Morgan fingerprint density at radius 3 is 2.52 bits per heavy atom. The summed E-state index contributed by atoms with van der Waals surface area (Å²) < 4.78 is 25.7. The molecule has 12 heteroatoms. The van der Waals surface area contributed by atoms with Crippen LogP contribution in [0.2, 0.25) is 0 Å². The van der Waals surface area contributed by atoms with E-state index < -0.39 is 36.4 Å². The van der Waals surface area contributed by atoms with Crippen LogP contribution in [-0.2, 0) is 28.7 Å². The van der Waals surface area contributed by atoms with Gasteiger partial charge in [-0.05, 0) is 24.6 Å². The number of hydrogen-bond donors (Lipinski definition) is 0. The molecule has 1 aliphatic rings. The SMILES string of the molecule is O=C(CCCOc1c2occc2cc2ccc(=O)oc12)OCOC(=O)ON1C(=O)CCC1=O. The Labute approximate surface area is 184 Å². The first-order valence-corrected chi connectivity index (χ1v) is 9.85. The molecule has 0 radical (unpaired) electrons. The number of benzene rings is 1. The van der Waals surface area contributed by atoms with E-state index in [-0.39, 0.29) is 43.6 Å². The van der Waals surface area contributed by atoms with Crippen molar-refractivity contribution in [3.63, 3.8) is 0 Å². The van der Waals surface area contributed by atoms with Crippen LogP contribution in [0.3, 0.4) is 0 Å². The summed E-state index contributed by atoms with van der Waals surface area (Å²) in [4.78, 5) is 62.0. The van der Waals surface area contributed by atoms with Crippen molar-refractivity contribution in [3.05, 3.63) is 40.9 Å². The summed E-state index contributed by atoms with van der Waals surface area (Å²) >= 11 is 0. The van der Waals surface area contributed by atoms with E-state index in [1.165, 1.54) is 12.3 Å². The molecule has 33 heavy (non-hydrogen) atoms. The van der Waals surface area contributed by atoms with Crippen LogP contribution in [0.15, 0.2) is 44.2 Å². The average molecular weight is 459 g/mol. The third kappa shape index (κ3) is 4.95. The van der Waals surface area contributed by atoms with Gasteiger partial charge in [0.1, 0.15) is 0 Å². The molecule has 4 rings (SSSR count). The van der Waals surface area contributed by atoms with Crippen LogP contribution in [0.25, 0.3) is 21.9 Å². The van der Waals surface area contributed by atoms with Gasteiger partial charge < -0.3 is 23.0 Å². The molecule has 0 bridgehead atoms. The number of ether oxygens (including phenoxy) is 3. The molecule has 3 aromatic rings. The number of esters is 1. The fourth-order valence-electron chi connectivity index (χ4n) is 3.10. The molecule has 2 aromatic heterocycles. The highest BCUT2D eigenvalue weighted by molar-refractivity contribution is 6.01. The van der Waals surface area contributed by atoms with Gasteiger partial charge in [0.05, 0.1) is 12.9 Å². The van der Waals surface area contributed by atoms with E-state index in [1.807, 2.05) is 0 Å². The monoisotopic (exact) mass is 459 g/mol. The summed E-state index contributed by atoms with van der Waals surface area (Å²) in [5, 5.41) is 1.72. The number of fused-ring (bicyclic) bond motifs is 2. The Balaban J connectivity index is 1.23. The van der Waals surface area contributed by atoms with E-state index in [1.54, 1.807) is 18.2 Å². The molecule has 1 aliphatic heterocycles. The Bertz CT molecular complexity index is 1270. The Morgan fingerprint density at radius 2 is 1.73 bits per heavy atom. The molecule has 0 N–H and O–H groups in total. The molecule has 0 saturated carbocycles. The zero-order valence-corrected chi connectivity index (χ0v) is 17.1. The van der Waals surface area contributed by atoms with E-state index in [2.05, 4.69) is 9.57 Å². The highest BCUT2D eigenvalue weighted by atomic mass is 16.9. The summed E-state index contributed by atoms with van der Waals surface area (Å²) in [7, 11) is 0. The number of amides is 2. The van der Waals surface area contributed by atoms with E-state index >= 15 is 0 Å². The van der Waals surface area contributed by atoms with Crippen molar-refractivity contribution in [1.29, 1.82) is 0 Å². The van der Waals surface area contributed by atoms with Crippen molar-refractivity contribution in [3.8, 4) is 5.75 Å². The third-order valence-electron chi connectivity index (χ3n) is 4.62. The molecule has 3 heterocycles. The normalized spacial score (nSPS) is 13.5. The standard InChI is InChI=1S/C21H17NO11/c23-14-4-5-15(24)22(14)33-21(27)31-11-30-16(25)2-1-8-28-20-18-13(7-9-29-18)10-12-3-6-17(26)32-19(12)20/h3,6-7,9-10H,1-2,4-5,8,11H2. The van der Waals surface area contributed by atoms with Gasteiger partial charge in [-0.1, -0.05) is 5.06 Å². The summed E-state index contributed by atoms with van der Waals surface area (Å²) in [6, 6.07) is 6.44. The van der Waals surface area contributed by atoms with Crippen molar-refractivity contribution in [2.75, 3.05) is 13.4 Å². The van der Waals surface area contributed by atoms with Gasteiger partial charge in [-0.25, -0.2) is 9.59 Å². The first-order chi connectivity index (χ1) is 15.9. The fourth-order valence-corrected chi connectivity index (χ4v) is 3.10. The Morgan fingerprint density at radius 1 is 0.970 bits per heavy atom. The zero-order chi connectivity index (χ0) is 23.4. The number of furan rings is 1. The predicted octanol–water partition coefficient (Wildman–Crippen LogP) is 2.42. The van der Waals surface area contributed by atoms with Gasteiger partial charge in [-0.3, -0.25) is 19.2 Å². The van der Waals surface area contributed by atoms with Crippen molar-refractivity contribution in [1.82, 2.24) is 5.06 Å². The minimum atomic E-state index is -1.35. The molecule has 0 atom stereocenters. The van der Waals surface area contributed by atoms with E-state index in [4.69, 9.17) is 18.3 Å². The first kappa shape index (κ1) is 21.9. The van der Waals surface area contributed by atoms with Crippen LogP contribution < -0.4 is 10.4 Å². The molecule has 0 unspecified atom stereocenters. The quantitative estimate of drug-likeness (QED) is 0.160. The van der Waals surface area contributed by atoms with Gasteiger partial charge >= 0.3 is 17.8 Å². The molecular formula is C21H17NO11. The van der Waals surface area contributed by atoms with Gasteiger partial charge in [0.15, 0.2) is 11.2 Å². The maximum absolute atomic E-state index is 11.8. The molecule has 1 saturated heterocycles. The van der Waals surface area contributed by atoms with Crippen LogP contribution in [0.1, 0.15) is 25.7 Å². The van der Waals surface area contributed by atoms with Crippen molar-refractivity contribution in [2.24, 2.45) is 0 Å². The smallest absolute Gasteiger partial charge is 0.486 e. The maximum atomic E-state index is 11.8. The molecular weight excluding hydrogens is 442 g/mol. The highest BCUT2D eigenvalue weighted by Crippen LogP contribution is 2.35. The molecule has 0 aliphatic carbocycles. The topological polar surface area (TPSA) is 152 Å². The van der Waals surface area contributed by atoms with Crippen molar-refractivity contribution < 1.29 is 47.1 Å². The number of carbonyl (C=O) groups excluding carboxylic acids is 4. The second-order valence-corrected chi connectivity index (χ2v) is 6.87. The lowest BCUT2D eigenvalue weighted by atomic mass is 10.1. The third-order valence-corrected chi connectivity index (χ3v) is 4.62. The van der Waals surface area contributed by atoms with Gasteiger partial charge in [-0.2, -0.15) is 0 Å². The molecule has 172 valence electrons. The fraction of sp³-hybridized carbons (Fsp3) is 0.286. The second-order valence-electron chi connectivity index (χ2n) is 6.87. The lowest BCUT2D eigenvalue weighted by molar-refractivity contribution is -0.182. The summed E-state index contributed by atoms with van der Waals surface area (Å²) in [6.45, 7) is -0.680. The lowest BCUT2D eigenvalue weighted by Gasteiger charge is -2.12. The van der Waals surface area contributed by atoms with Crippen LogP contribution >= 0.6 is 0 Å². The zero-order valence-electron chi connectivity index (χ0n) is 17.1. The second kappa shape index (κ2) is 9.42. The average Bonchev–Trinajstić information content (AvgIpc) is 3.38. The Kier molecular flexibility index (Phi) is 6.24. The van der Waals surface area contributed by atoms with E-state index in [9.17, 15) is 24.0 Å². The molecule has 1 fully saturated rings. The highest BCUT2D eigenvalue weighted by Gasteiger charge is 2.33. The minimum absolute atomic E-state index is 0.0560. The van der Waals surface area contributed by atoms with Gasteiger partial charge in [0.2, 0.25) is 12.5 Å². The lowest BCUT2D eigenvalue weighted by Crippen LogP contribution is -2.32. The molecule has 2 amide bonds. The largest absolute Gasteiger partial charge is 0.536 e. The predicted molar refractivity (Wildman–Crippen MR) is 107 cm³/mol. The van der Waals surface area contributed by atoms with Crippen LogP contribution in [0.5, 0.6) is 5.75 Å². The number of hydrogen-bond acceptors (Lipinski definition) is 11. The van der Waals surface area contributed by atoms with Crippen LogP contribution in [0.4, 0.5) is 4.79 Å². The van der Waals surface area contributed by atoms with E-state index in [0.29, 0.717) is 16.0 Å². The number of carbonyl (C=O) groups is 4.